The van der Waals surface area contributed by atoms with Gasteiger partial charge in [0.05, 0.1) is 24.2 Å². The fourth-order valence-electron chi connectivity index (χ4n) is 2.34. The molecule has 0 aliphatic rings. The van der Waals surface area contributed by atoms with E-state index in [4.69, 9.17) is 4.74 Å². The van der Waals surface area contributed by atoms with Crippen LogP contribution in [0.5, 0.6) is 5.75 Å². The van der Waals surface area contributed by atoms with Crippen LogP contribution in [0, 0.1) is 5.82 Å². The predicted molar refractivity (Wildman–Crippen MR) is 102 cm³/mol. The van der Waals surface area contributed by atoms with Crippen molar-refractivity contribution in [3.63, 3.8) is 0 Å². The number of nitrogens with one attached hydrogen (secondary N) is 2. The zero-order chi connectivity index (χ0) is 19.2. The average Bonchev–Trinajstić information content (AvgIpc) is 2.63. The number of hydrogen-bond donors (Lipinski definition) is 2. The third-order valence-electron chi connectivity index (χ3n) is 3.48. The van der Waals surface area contributed by atoms with Crippen LogP contribution < -0.4 is 15.4 Å². The zero-order valence-corrected chi connectivity index (χ0v) is 14.9. The molecule has 138 valence electrons. The minimum absolute atomic E-state index is 0.0176. The Balaban J connectivity index is 1.69. The molecule has 0 atom stereocenters. The van der Waals surface area contributed by atoms with Crippen LogP contribution in [0.25, 0.3) is 0 Å². The van der Waals surface area contributed by atoms with Gasteiger partial charge in [-0.25, -0.2) is 14.4 Å². The normalized spacial score (nSPS) is 10.5. The lowest BCUT2D eigenvalue weighted by Crippen LogP contribution is -2.16. The molecule has 0 bridgehead atoms. The summed E-state index contributed by atoms with van der Waals surface area (Å²) < 4.78 is 18.9. The Morgan fingerprint density at radius 1 is 1.07 bits per heavy atom. The molecule has 3 aromatic rings. The molecular weight excluding hydrogens is 347 g/mol. The number of hydrogen-bond acceptors (Lipinski definition) is 5. The van der Waals surface area contributed by atoms with Crippen LogP contribution in [0.4, 0.5) is 21.6 Å². The topological polar surface area (TPSA) is 76.1 Å². The monoisotopic (exact) mass is 366 g/mol. The predicted octanol–water partition coefficient (Wildman–Crippen LogP) is 4.40. The maximum atomic E-state index is 13.2. The van der Waals surface area contributed by atoms with Crippen molar-refractivity contribution in [2.24, 2.45) is 0 Å². The van der Waals surface area contributed by atoms with Crippen LogP contribution >= 0.6 is 0 Å². The van der Waals surface area contributed by atoms with E-state index in [0.29, 0.717) is 22.9 Å². The SMILES string of the molecule is CC(C)Oc1ccccc1NC(=O)c1cnc(Nc2cccc(F)c2)cn1. The van der Waals surface area contributed by atoms with Crippen molar-refractivity contribution in [1.29, 1.82) is 0 Å². The van der Waals surface area contributed by atoms with Crippen LogP contribution in [0.3, 0.4) is 0 Å². The van der Waals surface area contributed by atoms with Gasteiger partial charge in [-0.05, 0) is 44.2 Å². The first-order valence-electron chi connectivity index (χ1n) is 8.43. The summed E-state index contributed by atoms with van der Waals surface area (Å²) in [6.45, 7) is 3.82. The lowest BCUT2D eigenvalue weighted by atomic mass is 10.2. The number of carbonyl (C=O) groups is 1. The Hall–Kier alpha value is -3.48. The smallest absolute Gasteiger partial charge is 0.275 e. The molecule has 0 aliphatic heterocycles. The first-order chi connectivity index (χ1) is 13.0. The van der Waals surface area contributed by atoms with Crippen LogP contribution in [-0.2, 0) is 0 Å². The molecule has 3 rings (SSSR count). The van der Waals surface area contributed by atoms with Gasteiger partial charge >= 0.3 is 0 Å². The van der Waals surface area contributed by atoms with Gasteiger partial charge in [0.15, 0.2) is 0 Å². The summed E-state index contributed by atoms with van der Waals surface area (Å²) in [4.78, 5) is 20.7. The number of rotatable bonds is 6. The summed E-state index contributed by atoms with van der Waals surface area (Å²) in [5.41, 5.74) is 1.25. The molecule has 1 aromatic heterocycles. The highest BCUT2D eigenvalue weighted by atomic mass is 19.1. The number of nitrogens with zero attached hydrogens (tertiary/aromatic N) is 2. The van der Waals surface area contributed by atoms with E-state index in [0.717, 1.165) is 0 Å². The molecule has 0 aliphatic carbocycles. The van der Waals surface area contributed by atoms with Gasteiger partial charge in [-0.3, -0.25) is 4.79 Å². The van der Waals surface area contributed by atoms with E-state index in [2.05, 4.69) is 20.6 Å². The van der Waals surface area contributed by atoms with Crippen molar-refractivity contribution in [3.05, 3.63) is 72.4 Å². The van der Waals surface area contributed by atoms with Crippen molar-refractivity contribution in [2.75, 3.05) is 10.6 Å². The Morgan fingerprint density at radius 2 is 1.89 bits per heavy atom. The second-order valence-corrected chi connectivity index (χ2v) is 6.04. The molecule has 2 N–H and O–H groups in total. The van der Waals surface area contributed by atoms with Gasteiger partial charge in [0, 0.05) is 5.69 Å². The molecule has 2 aromatic carbocycles. The quantitative estimate of drug-likeness (QED) is 0.676. The number of benzene rings is 2. The van der Waals surface area contributed by atoms with Crippen molar-refractivity contribution in [1.82, 2.24) is 9.97 Å². The number of anilines is 3. The van der Waals surface area contributed by atoms with Crippen LogP contribution in [0.2, 0.25) is 0 Å². The second-order valence-electron chi connectivity index (χ2n) is 6.04. The van der Waals surface area contributed by atoms with Crippen LogP contribution in [0.15, 0.2) is 60.9 Å². The molecule has 27 heavy (non-hydrogen) atoms. The van der Waals surface area contributed by atoms with Gasteiger partial charge in [-0.1, -0.05) is 18.2 Å². The Kier molecular flexibility index (Phi) is 5.61. The molecule has 0 saturated heterocycles. The molecule has 0 radical (unpaired) electrons. The maximum absolute atomic E-state index is 13.2. The zero-order valence-electron chi connectivity index (χ0n) is 14.9. The van der Waals surface area contributed by atoms with Gasteiger partial charge in [0.2, 0.25) is 0 Å². The highest BCUT2D eigenvalue weighted by Gasteiger charge is 2.12. The highest BCUT2D eigenvalue weighted by molar-refractivity contribution is 6.03. The fourth-order valence-corrected chi connectivity index (χ4v) is 2.34. The van der Waals surface area contributed by atoms with E-state index >= 15 is 0 Å². The Bertz CT molecular complexity index is 929. The molecule has 7 heteroatoms. The number of ether oxygens (including phenoxy) is 1. The van der Waals surface area contributed by atoms with Crippen molar-refractivity contribution in [2.45, 2.75) is 20.0 Å². The van der Waals surface area contributed by atoms with E-state index in [-0.39, 0.29) is 17.6 Å². The van der Waals surface area contributed by atoms with Gasteiger partial charge in [0.1, 0.15) is 23.1 Å². The highest BCUT2D eigenvalue weighted by Crippen LogP contribution is 2.25. The minimum Gasteiger partial charge on any atom is -0.489 e. The lowest BCUT2D eigenvalue weighted by Gasteiger charge is -2.14. The average molecular weight is 366 g/mol. The number of halogens is 1. The van der Waals surface area contributed by atoms with Gasteiger partial charge in [-0.15, -0.1) is 0 Å². The second kappa shape index (κ2) is 8.27. The van der Waals surface area contributed by atoms with E-state index < -0.39 is 5.91 Å². The summed E-state index contributed by atoms with van der Waals surface area (Å²) in [6.07, 6.45) is 2.75. The molecule has 6 nitrogen and oxygen atoms in total. The third-order valence-corrected chi connectivity index (χ3v) is 3.48. The molecule has 0 unspecified atom stereocenters. The number of amides is 1. The summed E-state index contributed by atoms with van der Waals surface area (Å²) >= 11 is 0. The van der Waals surface area contributed by atoms with E-state index in [1.807, 2.05) is 19.9 Å². The van der Waals surface area contributed by atoms with E-state index in [1.54, 1.807) is 30.3 Å². The maximum Gasteiger partial charge on any atom is 0.275 e. The van der Waals surface area contributed by atoms with E-state index in [9.17, 15) is 9.18 Å². The lowest BCUT2D eigenvalue weighted by molar-refractivity contribution is 0.102. The van der Waals surface area contributed by atoms with Gasteiger partial charge < -0.3 is 15.4 Å². The number of aromatic nitrogens is 2. The van der Waals surface area contributed by atoms with Crippen molar-refractivity contribution >= 4 is 23.1 Å². The molecule has 0 spiro atoms. The Labute approximate surface area is 156 Å². The first kappa shape index (κ1) is 18.3. The standard InChI is InChI=1S/C20H19FN4O2/c1-13(2)27-18-9-4-3-8-16(18)25-20(26)17-11-23-19(12-22-17)24-15-7-5-6-14(21)10-15/h3-13H,1-2H3,(H,23,24)(H,25,26). The molecular formula is C20H19FN4O2. The van der Waals surface area contributed by atoms with Gasteiger partial charge in [-0.2, -0.15) is 0 Å². The molecule has 1 heterocycles. The number of para-hydroxylation sites is 2. The van der Waals surface area contributed by atoms with Crippen molar-refractivity contribution < 1.29 is 13.9 Å². The summed E-state index contributed by atoms with van der Waals surface area (Å²) in [5, 5.41) is 5.70. The van der Waals surface area contributed by atoms with Crippen molar-refractivity contribution in [3.8, 4) is 5.75 Å². The first-order valence-corrected chi connectivity index (χ1v) is 8.43. The van der Waals surface area contributed by atoms with Crippen LogP contribution in [-0.4, -0.2) is 22.0 Å². The summed E-state index contributed by atoms with van der Waals surface area (Å²) in [5.74, 6) is 0.227. The third kappa shape index (κ3) is 5.01. The summed E-state index contributed by atoms with van der Waals surface area (Å²) in [7, 11) is 0. The molecule has 0 saturated carbocycles. The summed E-state index contributed by atoms with van der Waals surface area (Å²) in [6, 6.07) is 13.2. The number of carbonyl (C=O) groups excluding carboxylic acids is 1. The minimum atomic E-state index is -0.403. The molecule has 1 amide bonds. The van der Waals surface area contributed by atoms with Gasteiger partial charge in [0.25, 0.3) is 5.91 Å². The fraction of sp³-hybridized carbons (Fsp3) is 0.150. The molecule has 0 fully saturated rings. The largest absolute Gasteiger partial charge is 0.489 e. The van der Waals surface area contributed by atoms with E-state index in [1.165, 1.54) is 24.5 Å². The Morgan fingerprint density at radius 3 is 2.59 bits per heavy atom. The van der Waals surface area contributed by atoms with Crippen LogP contribution in [0.1, 0.15) is 24.3 Å².